The predicted molar refractivity (Wildman–Crippen MR) is 106 cm³/mol. The molecule has 5 heteroatoms. The zero-order valence-corrected chi connectivity index (χ0v) is 16.7. The van der Waals surface area contributed by atoms with Gasteiger partial charge in [0.25, 0.3) is 0 Å². The molecule has 0 spiro atoms. The Balaban J connectivity index is 1.38. The topological polar surface area (TPSA) is 35.9 Å². The van der Waals surface area contributed by atoms with Gasteiger partial charge in [0.05, 0.1) is 23.0 Å². The number of piperidine rings is 2. The van der Waals surface area contributed by atoms with Crippen LogP contribution in [0.1, 0.15) is 52.4 Å². The Morgan fingerprint density at radius 1 is 1.11 bits per heavy atom. The van der Waals surface area contributed by atoms with Crippen molar-refractivity contribution in [3.8, 4) is 0 Å². The van der Waals surface area contributed by atoms with Crippen molar-refractivity contribution in [3.63, 3.8) is 0 Å². The van der Waals surface area contributed by atoms with Crippen LogP contribution >= 0.6 is 0 Å². The second-order valence-corrected chi connectivity index (χ2v) is 9.30. The molecule has 0 radical (unpaired) electrons. The Kier molecular flexibility index (Phi) is 5.21. The van der Waals surface area contributed by atoms with Gasteiger partial charge in [-0.1, -0.05) is 12.1 Å². The molecule has 3 aliphatic rings. The van der Waals surface area contributed by atoms with Crippen molar-refractivity contribution < 1.29 is 14.2 Å². The summed E-state index contributed by atoms with van der Waals surface area (Å²) in [5, 5.41) is 11.2. The van der Waals surface area contributed by atoms with Gasteiger partial charge in [0.2, 0.25) is 0 Å². The molecule has 3 saturated heterocycles. The molecule has 3 aliphatic heterocycles. The Morgan fingerprint density at radius 3 is 2.59 bits per heavy atom. The van der Waals surface area contributed by atoms with E-state index in [0.29, 0.717) is 50.3 Å². The van der Waals surface area contributed by atoms with Crippen molar-refractivity contribution in [2.45, 2.75) is 75.7 Å². The third kappa shape index (κ3) is 4.15. The van der Waals surface area contributed by atoms with Crippen molar-refractivity contribution in [2.24, 2.45) is 0 Å². The monoisotopic (exact) mass is 376 g/mol. The fourth-order valence-corrected chi connectivity index (χ4v) is 5.16. The summed E-state index contributed by atoms with van der Waals surface area (Å²) >= 11 is 0. The molecule has 4 rings (SSSR count). The van der Waals surface area contributed by atoms with Crippen LogP contribution in [0.4, 0.5) is 10.1 Å². The summed E-state index contributed by atoms with van der Waals surface area (Å²) in [6, 6.07) is 7.36. The van der Waals surface area contributed by atoms with Crippen molar-refractivity contribution in [1.29, 1.82) is 0 Å². The molecule has 3 fully saturated rings. The molecule has 0 aromatic heterocycles. The molecule has 27 heavy (non-hydrogen) atoms. The van der Waals surface area contributed by atoms with E-state index >= 15 is 0 Å². The normalized spacial score (nSPS) is 30.7. The van der Waals surface area contributed by atoms with Gasteiger partial charge in [-0.3, -0.25) is 4.90 Å². The van der Waals surface area contributed by atoms with Gasteiger partial charge >= 0.3 is 0 Å². The van der Waals surface area contributed by atoms with Crippen LogP contribution in [-0.2, 0) is 4.74 Å². The highest BCUT2D eigenvalue weighted by molar-refractivity contribution is 5.48. The molecule has 2 atom stereocenters. The van der Waals surface area contributed by atoms with Crippen LogP contribution in [0.3, 0.4) is 0 Å². The molecular formula is C22H33FN2O2. The Labute approximate surface area is 162 Å². The standard InChI is InChI=1S/C22H33FN2O2/c1-21(2)10-9-19-20(27-21)8-5-13-25(19)16-22(26)11-14-24(15-12-22)18-7-4-3-6-17(18)23/h3-4,6-7,19-20,26H,5,8-16H2,1-2H3/t19-,20-/m1/s1. The third-order valence-electron chi connectivity index (χ3n) is 6.73. The number of rotatable bonds is 3. The largest absolute Gasteiger partial charge is 0.388 e. The Hall–Kier alpha value is -1.17. The lowest BCUT2D eigenvalue weighted by atomic mass is 9.84. The van der Waals surface area contributed by atoms with E-state index in [2.05, 4.69) is 23.6 Å². The fourth-order valence-electron chi connectivity index (χ4n) is 5.16. The number of halogens is 1. The van der Waals surface area contributed by atoms with Crippen molar-refractivity contribution in [3.05, 3.63) is 30.1 Å². The van der Waals surface area contributed by atoms with E-state index in [4.69, 9.17) is 4.74 Å². The number of likely N-dealkylation sites (tertiary alicyclic amines) is 1. The lowest BCUT2D eigenvalue weighted by Gasteiger charge is -2.51. The summed E-state index contributed by atoms with van der Waals surface area (Å²) in [4.78, 5) is 4.54. The number of hydrogen-bond donors (Lipinski definition) is 1. The van der Waals surface area contributed by atoms with E-state index in [1.54, 1.807) is 6.07 Å². The smallest absolute Gasteiger partial charge is 0.146 e. The molecule has 0 bridgehead atoms. The maximum Gasteiger partial charge on any atom is 0.146 e. The van der Waals surface area contributed by atoms with Gasteiger partial charge in [-0.25, -0.2) is 4.39 Å². The van der Waals surface area contributed by atoms with Crippen LogP contribution in [0.15, 0.2) is 24.3 Å². The first kappa shape index (κ1) is 19.2. The van der Waals surface area contributed by atoms with Gasteiger partial charge in [0.1, 0.15) is 5.82 Å². The van der Waals surface area contributed by atoms with Crippen LogP contribution in [-0.4, -0.2) is 59.5 Å². The van der Waals surface area contributed by atoms with E-state index < -0.39 is 5.60 Å². The number of β-amino-alcohol motifs (C(OH)–C–C–N with tert-alkyl or cyclic N) is 1. The van der Waals surface area contributed by atoms with E-state index in [1.165, 1.54) is 6.07 Å². The molecule has 1 aromatic carbocycles. The van der Waals surface area contributed by atoms with E-state index in [-0.39, 0.29) is 11.4 Å². The Bertz CT molecular complexity index is 657. The molecule has 0 saturated carbocycles. The molecule has 0 aliphatic carbocycles. The maximum atomic E-state index is 14.1. The van der Waals surface area contributed by atoms with Gasteiger partial charge in [0, 0.05) is 25.7 Å². The summed E-state index contributed by atoms with van der Waals surface area (Å²) in [6.07, 6.45) is 6.14. The molecule has 3 heterocycles. The zero-order chi connectivity index (χ0) is 19.1. The minimum atomic E-state index is -0.684. The molecule has 0 unspecified atom stereocenters. The van der Waals surface area contributed by atoms with E-state index in [9.17, 15) is 9.50 Å². The van der Waals surface area contributed by atoms with Crippen LogP contribution in [0, 0.1) is 5.82 Å². The number of hydrogen-bond acceptors (Lipinski definition) is 4. The first-order chi connectivity index (χ1) is 12.9. The lowest BCUT2D eigenvalue weighted by molar-refractivity contribution is -0.167. The number of ether oxygens (including phenoxy) is 1. The first-order valence-corrected chi connectivity index (χ1v) is 10.5. The third-order valence-corrected chi connectivity index (χ3v) is 6.73. The van der Waals surface area contributed by atoms with E-state index in [0.717, 1.165) is 32.2 Å². The summed E-state index contributed by atoms with van der Waals surface area (Å²) < 4.78 is 20.4. The predicted octanol–water partition coefficient (Wildman–Crippen LogP) is 3.58. The highest BCUT2D eigenvalue weighted by Crippen LogP contribution is 2.37. The lowest BCUT2D eigenvalue weighted by Crippen LogP contribution is -2.60. The van der Waals surface area contributed by atoms with Crippen molar-refractivity contribution >= 4 is 5.69 Å². The number of fused-ring (bicyclic) bond motifs is 1. The number of aliphatic hydroxyl groups is 1. The molecule has 4 nitrogen and oxygen atoms in total. The maximum absolute atomic E-state index is 14.1. The second kappa shape index (κ2) is 7.34. The quantitative estimate of drug-likeness (QED) is 0.875. The van der Waals surface area contributed by atoms with Gasteiger partial charge < -0.3 is 14.7 Å². The SMILES string of the molecule is CC1(C)CC[C@@H]2[C@@H](CCCN2CC2(O)CCN(c3ccccc3F)CC2)O1. The molecule has 0 amide bonds. The Morgan fingerprint density at radius 2 is 1.85 bits per heavy atom. The van der Waals surface area contributed by atoms with Crippen molar-refractivity contribution in [2.75, 3.05) is 31.1 Å². The van der Waals surface area contributed by atoms with Crippen molar-refractivity contribution in [1.82, 2.24) is 4.90 Å². The first-order valence-electron chi connectivity index (χ1n) is 10.5. The average molecular weight is 377 g/mol. The minimum Gasteiger partial charge on any atom is -0.388 e. The summed E-state index contributed by atoms with van der Waals surface area (Å²) in [7, 11) is 0. The summed E-state index contributed by atoms with van der Waals surface area (Å²) in [6.45, 7) is 7.53. The van der Waals surface area contributed by atoms with Crippen LogP contribution in [0.2, 0.25) is 0 Å². The van der Waals surface area contributed by atoms with Crippen LogP contribution in [0.25, 0.3) is 0 Å². The minimum absolute atomic E-state index is 0.0217. The highest BCUT2D eigenvalue weighted by Gasteiger charge is 2.43. The number of benzene rings is 1. The number of para-hydroxylation sites is 1. The van der Waals surface area contributed by atoms with Gasteiger partial charge in [-0.15, -0.1) is 0 Å². The van der Waals surface area contributed by atoms with Gasteiger partial charge in [-0.05, 0) is 71.0 Å². The summed E-state index contributed by atoms with van der Waals surface area (Å²) in [5.41, 5.74) is -0.0523. The van der Waals surface area contributed by atoms with Gasteiger partial charge in [-0.2, -0.15) is 0 Å². The molecule has 150 valence electrons. The zero-order valence-electron chi connectivity index (χ0n) is 16.7. The van der Waals surface area contributed by atoms with E-state index in [1.807, 2.05) is 12.1 Å². The molecule has 1 aromatic rings. The second-order valence-electron chi connectivity index (χ2n) is 9.30. The number of nitrogens with zero attached hydrogens (tertiary/aromatic N) is 2. The fraction of sp³-hybridized carbons (Fsp3) is 0.727. The molecular weight excluding hydrogens is 343 g/mol. The average Bonchev–Trinajstić information content (AvgIpc) is 2.62. The molecule has 1 N–H and O–H groups in total. The van der Waals surface area contributed by atoms with Crippen LogP contribution < -0.4 is 4.90 Å². The number of anilines is 1. The summed E-state index contributed by atoms with van der Waals surface area (Å²) in [5.74, 6) is -0.177. The van der Waals surface area contributed by atoms with Gasteiger partial charge in [0.15, 0.2) is 0 Å². The highest BCUT2D eigenvalue weighted by atomic mass is 19.1. The van der Waals surface area contributed by atoms with Crippen LogP contribution in [0.5, 0.6) is 0 Å².